The Bertz CT molecular complexity index is 1030. The molecule has 0 spiro atoms. The molecule has 24 heavy (non-hydrogen) atoms. The van der Waals surface area contributed by atoms with Crippen molar-refractivity contribution in [2.45, 2.75) is 26.3 Å². The summed E-state index contributed by atoms with van der Waals surface area (Å²) in [6, 6.07) is 9.86. The largest absolute Gasteiger partial charge is 0.465 e. The number of hydrogen-bond acceptors (Lipinski definition) is 3. The molecular formula is C19H18N2O3. The molecule has 0 amide bonds. The quantitative estimate of drug-likeness (QED) is 0.738. The molecule has 1 aromatic carbocycles. The van der Waals surface area contributed by atoms with Crippen LogP contribution in [0.15, 0.2) is 35.1 Å². The number of pyridine rings is 1. The highest BCUT2D eigenvalue weighted by Gasteiger charge is 2.26. The molecule has 5 nitrogen and oxygen atoms in total. The molecule has 0 fully saturated rings. The van der Waals surface area contributed by atoms with Gasteiger partial charge in [-0.1, -0.05) is 25.1 Å². The third-order valence-electron chi connectivity index (χ3n) is 4.79. The first-order valence-corrected chi connectivity index (χ1v) is 8.10. The van der Waals surface area contributed by atoms with Crippen LogP contribution in [0, 0.1) is 0 Å². The van der Waals surface area contributed by atoms with Gasteiger partial charge < -0.3 is 14.3 Å². The van der Waals surface area contributed by atoms with Crippen LogP contribution >= 0.6 is 0 Å². The van der Waals surface area contributed by atoms with Gasteiger partial charge in [-0.3, -0.25) is 4.79 Å². The lowest BCUT2D eigenvalue weighted by Gasteiger charge is -2.22. The number of nitrogens with zero attached hydrogens (tertiary/aromatic N) is 1. The van der Waals surface area contributed by atoms with E-state index in [1.807, 2.05) is 25.1 Å². The SMILES string of the molecule is CCc1cc(C(=O)OC)c(=O)n2c1-c1[nH]c3ccccc3c1CC2. The summed E-state index contributed by atoms with van der Waals surface area (Å²) in [7, 11) is 1.30. The molecule has 1 aliphatic heterocycles. The summed E-state index contributed by atoms with van der Waals surface area (Å²) in [4.78, 5) is 28.1. The van der Waals surface area contributed by atoms with E-state index < -0.39 is 5.97 Å². The summed E-state index contributed by atoms with van der Waals surface area (Å²) in [5.41, 5.74) is 5.01. The van der Waals surface area contributed by atoms with Gasteiger partial charge >= 0.3 is 5.97 Å². The second-order valence-electron chi connectivity index (χ2n) is 6.01. The van der Waals surface area contributed by atoms with Crippen molar-refractivity contribution >= 4 is 16.9 Å². The molecule has 0 bridgehead atoms. The van der Waals surface area contributed by atoms with Crippen molar-refractivity contribution < 1.29 is 9.53 Å². The monoisotopic (exact) mass is 322 g/mol. The topological polar surface area (TPSA) is 64.1 Å². The average Bonchev–Trinajstić information content (AvgIpc) is 3.00. The molecular weight excluding hydrogens is 304 g/mol. The summed E-state index contributed by atoms with van der Waals surface area (Å²) in [5, 5.41) is 1.20. The van der Waals surface area contributed by atoms with Crippen LogP contribution in [0.3, 0.4) is 0 Å². The van der Waals surface area contributed by atoms with Gasteiger partial charge in [0, 0.05) is 17.4 Å². The van der Waals surface area contributed by atoms with E-state index in [0.717, 1.165) is 35.3 Å². The van der Waals surface area contributed by atoms with Crippen LogP contribution in [0.1, 0.15) is 28.4 Å². The Morgan fingerprint density at radius 1 is 1.33 bits per heavy atom. The first-order valence-electron chi connectivity index (χ1n) is 8.10. The first kappa shape index (κ1) is 14.8. The predicted molar refractivity (Wildman–Crippen MR) is 92.4 cm³/mol. The van der Waals surface area contributed by atoms with Crippen LogP contribution in [0.5, 0.6) is 0 Å². The number of methoxy groups -OCH3 is 1. The zero-order chi connectivity index (χ0) is 16.8. The van der Waals surface area contributed by atoms with Gasteiger partial charge in [-0.2, -0.15) is 0 Å². The standard InChI is InChI=1S/C19H18N2O3/c1-3-11-10-14(19(23)24-2)18(22)21-9-8-13-12-6-4-5-7-15(12)20-16(13)17(11)21/h4-7,10,20H,3,8-9H2,1-2H3. The highest BCUT2D eigenvalue weighted by molar-refractivity contribution is 5.93. The van der Waals surface area contributed by atoms with Crippen molar-refractivity contribution in [3.05, 3.63) is 57.4 Å². The van der Waals surface area contributed by atoms with E-state index in [2.05, 4.69) is 11.1 Å². The van der Waals surface area contributed by atoms with Crippen LogP contribution < -0.4 is 5.56 Å². The summed E-state index contributed by atoms with van der Waals surface area (Å²) in [5.74, 6) is -0.576. The number of ether oxygens (including phenoxy) is 1. The van der Waals surface area contributed by atoms with Crippen molar-refractivity contribution in [1.29, 1.82) is 0 Å². The smallest absolute Gasteiger partial charge is 0.343 e. The minimum atomic E-state index is -0.576. The van der Waals surface area contributed by atoms with E-state index in [1.54, 1.807) is 10.6 Å². The minimum Gasteiger partial charge on any atom is -0.465 e. The molecule has 3 heterocycles. The van der Waals surface area contributed by atoms with E-state index in [0.29, 0.717) is 6.54 Å². The Hall–Kier alpha value is -2.82. The molecule has 0 unspecified atom stereocenters. The van der Waals surface area contributed by atoms with Crippen molar-refractivity contribution in [3.8, 4) is 11.4 Å². The van der Waals surface area contributed by atoms with Crippen LogP contribution in [0.4, 0.5) is 0 Å². The number of hydrogen-bond donors (Lipinski definition) is 1. The first-order chi connectivity index (χ1) is 11.7. The number of aromatic nitrogens is 2. The van der Waals surface area contributed by atoms with E-state index in [9.17, 15) is 9.59 Å². The molecule has 0 saturated heterocycles. The lowest BCUT2D eigenvalue weighted by Crippen LogP contribution is -2.32. The number of fused-ring (bicyclic) bond motifs is 5. The highest BCUT2D eigenvalue weighted by atomic mass is 16.5. The van der Waals surface area contributed by atoms with E-state index in [4.69, 9.17) is 4.74 Å². The Morgan fingerprint density at radius 3 is 2.88 bits per heavy atom. The fraction of sp³-hybridized carbons (Fsp3) is 0.263. The van der Waals surface area contributed by atoms with E-state index in [-0.39, 0.29) is 11.1 Å². The van der Waals surface area contributed by atoms with Crippen molar-refractivity contribution in [1.82, 2.24) is 9.55 Å². The van der Waals surface area contributed by atoms with Crippen molar-refractivity contribution in [2.24, 2.45) is 0 Å². The maximum atomic E-state index is 12.8. The van der Waals surface area contributed by atoms with Gasteiger partial charge in [0.25, 0.3) is 5.56 Å². The molecule has 4 rings (SSSR count). The maximum Gasteiger partial charge on any atom is 0.343 e. The molecule has 122 valence electrons. The Kier molecular flexibility index (Phi) is 3.30. The van der Waals surface area contributed by atoms with Crippen molar-refractivity contribution in [2.75, 3.05) is 7.11 Å². The molecule has 0 saturated carbocycles. The Labute approximate surface area is 138 Å². The van der Waals surface area contributed by atoms with Crippen LogP contribution in [0.25, 0.3) is 22.3 Å². The van der Waals surface area contributed by atoms with Gasteiger partial charge in [0.15, 0.2) is 0 Å². The third kappa shape index (κ3) is 1.94. The van der Waals surface area contributed by atoms with E-state index >= 15 is 0 Å². The van der Waals surface area contributed by atoms with Crippen LogP contribution in [-0.2, 0) is 24.1 Å². The lowest BCUT2D eigenvalue weighted by atomic mass is 9.96. The van der Waals surface area contributed by atoms with Gasteiger partial charge in [-0.25, -0.2) is 4.79 Å². The summed E-state index contributed by atoms with van der Waals surface area (Å²) in [6.07, 6.45) is 1.49. The van der Waals surface area contributed by atoms with Gasteiger partial charge in [0.05, 0.1) is 18.5 Å². The van der Waals surface area contributed by atoms with Crippen LogP contribution in [-0.4, -0.2) is 22.6 Å². The summed E-state index contributed by atoms with van der Waals surface area (Å²) in [6.45, 7) is 2.60. The number of benzene rings is 1. The second-order valence-corrected chi connectivity index (χ2v) is 6.01. The molecule has 5 heteroatoms. The number of aryl methyl sites for hydroxylation is 2. The molecule has 3 aromatic rings. The fourth-order valence-electron chi connectivity index (χ4n) is 3.64. The number of nitrogens with one attached hydrogen (secondary N) is 1. The number of H-pyrrole nitrogens is 1. The molecule has 0 aliphatic carbocycles. The number of carbonyl (C=O) groups is 1. The lowest BCUT2D eigenvalue weighted by molar-refractivity contribution is 0.0598. The number of carbonyl (C=O) groups excluding carboxylic acids is 1. The van der Waals surface area contributed by atoms with Gasteiger partial charge in [0.2, 0.25) is 0 Å². The zero-order valence-electron chi connectivity index (χ0n) is 13.7. The summed E-state index contributed by atoms with van der Waals surface area (Å²) < 4.78 is 6.48. The van der Waals surface area contributed by atoms with Crippen LogP contribution in [0.2, 0.25) is 0 Å². The molecule has 1 N–H and O–H groups in total. The van der Waals surface area contributed by atoms with Gasteiger partial charge in [-0.15, -0.1) is 0 Å². The number of para-hydroxylation sites is 1. The minimum absolute atomic E-state index is 0.109. The molecule has 2 aromatic heterocycles. The van der Waals surface area contributed by atoms with Crippen molar-refractivity contribution in [3.63, 3.8) is 0 Å². The normalized spacial score (nSPS) is 12.8. The molecule has 1 aliphatic rings. The number of rotatable bonds is 2. The second kappa shape index (κ2) is 5.37. The zero-order valence-corrected chi connectivity index (χ0v) is 13.7. The fourth-order valence-corrected chi connectivity index (χ4v) is 3.64. The number of aromatic amines is 1. The highest BCUT2D eigenvalue weighted by Crippen LogP contribution is 2.35. The third-order valence-corrected chi connectivity index (χ3v) is 4.79. The maximum absolute atomic E-state index is 12.8. The predicted octanol–water partition coefficient (Wildman–Crippen LogP) is 2.90. The number of esters is 1. The Morgan fingerprint density at radius 2 is 2.12 bits per heavy atom. The average molecular weight is 322 g/mol. The Balaban J connectivity index is 2.06. The molecule has 0 radical (unpaired) electrons. The van der Waals surface area contributed by atoms with Gasteiger partial charge in [-0.05, 0) is 36.1 Å². The van der Waals surface area contributed by atoms with Gasteiger partial charge in [0.1, 0.15) is 5.56 Å². The molecule has 0 atom stereocenters. The summed E-state index contributed by atoms with van der Waals surface area (Å²) >= 11 is 0. The van der Waals surface area contributed by atoms with E-state index in [1.165, 1.54) is 18.1 Å².